The number of carbonyl (C=O) groups is 2. The Morgan fingerprint density at radius 1 is 1.05 bits per heavy atom. The van der Waals surface area contributed by atoms with Crippen molar-refractivity contribution in [2.75, 3.05) is 49.8 Å². The summed E-state index contributed by atoms with van der Waals surface area (Å²) in [5.74, 6) is -1.05. The molecule has 0 unspecified atom stereocenters. The highest BCUT2D eigenvalue weighted by Crippen LogP contribution is 2.32. The summed E-state index contributed by atoms with van der Waals surface area (Å²) >= 11 is 2.66. The number of carbonyl (C=O) groups excluding carboxylic acids is 2. The minimum Gasteiger partial charge on any atom is -0.491 e. The Labute approximate surface area is 337 Å². The molecule has 0 bridgehead atoms. The van der Waals surface area contributed by atoms with E-state index in [1.807, 2.05) is 78.5 Å². The predicted molar refractivity (Wildman–Crippen MR) is 221 cm³/mol. The van der Waals surface area contributed by atoms with Gasteiger partial charge in [-0.25, -0.2) is 18.4 Å². The highest BCUT2D eigenvalue weighted by Gasteiger charge is 2.29. The molecule has 1 N–H and O–H groups in total. The van der Waals surface area contributed by atoms with Gasteiger partial charge in [0.15, 0.2) is 26.5 Å². The first-order valence-corrected chi connectivity index (χ1v) is 21.5. The average Bonchev–Trinajstić information content (AvgIpc) is 3.86. The van der Waals surface area contributed by atoms with Crippen molar-refractivity contribution in [3.05, 3.63) is 128 Å². The van der Waals surface area contributed by atoms with E-state index in [1.54, 1.807) is 12.4 Å². The van der Waals surface area contributed by atoms with Crippen molar-refractivity contribution in [3.8, 4) is 5.75 Å². The minimum absolute atomic E-state index is 0.0194. The minimum atomic E-state index is -4.29. The monoisotopic (exact) mass is 825 g/mol. The molecule has 294 valence electrons. The topological polar surface area (TPSA) is 178 Å². The third-order valence-electron chi connectivity index (χ3n) is 9.49. The van der Waals surface area contributed by atoms with Gasteiger partial charge in [-0.1, -0.05) is 36.4 Å². The number of para-hydroxylation sites is 1. The molecule has 0 amide bonds. The van der Waals surface area contributed by atoms with Crippen molar-refractivity contribution in [2.45, 2.75) is 36.7 Å². The van der Waals surface area contributed by atoms with Crippen molar-refractivity contribution < 1.29 is 27.7 Å². The third-order valence-corrected chi connectivity index (χ3v) is 13.0. The van der Waals surface area contributed by atoms with Crippen molar-refractivity contribution in [3.63, 3.8) is 0 Å². The molecule has 1 aliphatic rings. The van der Waals surface area contributed by atoms with Crippen LogP contribution in [0.25, 0.3) is 10.2 Å². The third kappa shape index (κ3) is 9.51. The van der Waals surface area contributed by atoms with Crippen LogP contribution in [0.1, 0.15) is 43.4 Å². The summed E-state index contributed by atoms with van der Waals surface area (Å²) in [6.07, 6.45) is 4.81. The van der Waals surface area contributed by atoms with Crippen LogP contribution in [-0.2, 0) is 29.2 Å². The molecule has 0 saturated heterocycles. The maximum atomic E-state index is 13.6. The zero-order valence-corrected chi connectivity index (χ0v) is 33.6. The van der Waals surface area contributed by atoms with E-state index >= 15 is 0 Å². The first-order valence-electron chi connectivity index (χ1n) is 18.1. The van der Waals surface area contributed by atoms with Crippen LogP contribution in [0.3, 0.4) is 0 Å². The van der Waals surface area contributed by atoms with Gasteiger partial charge in [-0.05, 0) is 74.9 Å². The molecule has 0 radical (unpaired) electrons. The number of nitrogens with one attached hydrogen (secondary N) is 1. The SMILES string of the molecule is CN(C)CC[C@H](COc1ccccc1)Nc1ccc(S(=O)(=O)CC(=O)c2csc(N3CCc4cccc(C(=O)Cc5nc6ccncc6s5)c4C3)n2)cc1[N+](=O)[O-]. The van der Waals surface area contributed by atoms with Gasteiger partial charge in [-0.2, -0.15) is 0 Å². The number of fused-ring (bicyclic) bond motifs is 2. The Balaban J connectivity index is 1.02. The van der Waals surface area contributed by atoms with Gasteiger partial charge in [0.2, 0.25) is 0 Å². The number of nitro groups is 1. The van der Waals surface area contributed by atoms with Crippen LogP contribution in [0.4, 0.5) is 16.5 Å². The van der Waals surface area contributed by atoms with Crippen molar-refractivity contribution in [1.29, 1.82) is 0 Å². The van der Waals surface area contributed by atoms with E-state index in [1.165, 1.54) is 40.2 Å². The van der Waals surface area contributed by atoms with Gasteiger partial charge in [-0.15, -0.1) is 22.7 Å². The fourth-order valence-corrected chi connectivity index (χ4v) is 9.55. The molecule has 7 rings (SSSR count). The maximum absolute atomic E-state index is 13.6. The van der Waals surface area contributed by atoms with E-state index in [0.29, 0.717) is 53.9 Å². The van der Waals surface area contributed by atoms with Crippen LogP contribution in [0.2, 0.25) is 0 Å². The first-order chi connectivity index (χ1) is 27.4. The molecular formula is C40H39N7O7S3. The Hall–Kier alpha value is -5.62. The van der Waals surface area contributed by atoms with Gasteiger partial charge < -0.3 is 19.9 Å². The van der Waals surface area contributed by atoms with E-state index in [2.05, 4.69) is 20.3 Å². The van der Waals surface area contributed by atoms with E-state index in [4.69, 9.17) is 4.74 Å². The molecule has 14 nitrogen and oxygen atoms in total. The number of nitro benzene ring substituents is 1. The number of sulfone groups is 1. The van der Waals surface area contributed by atoms with Gasteiger partial charge in [0.1, 0.15) is 34.5 Å². The molecule has 1 atom stereocenters. The zero-order valence-electron chi connectivity index (χ0n) is 31.2. The number of rotatable bonds is 17. The standard InChI is InChI=1S/C40H39N7O7S3/c1-45(2)17-15-27(23-54-28-8-4-3-5-9-28)42-32-12-11-29(19-35(32)47(50)51)57(52,53)25-37(49)34-24-55-40(44-34)46-18-14-26-7-6-10-30(31(26)22-46)36(48)20-39-43-33-13-16-41-21-38(33)56-39/h3-13,16,19,21,24,27,42H,14-15,17-18,20,22-23,25H2,1-2H3/t27-/m1/s1. The fraction of sp³-hybridized carbons (Fsp3) is 0.275. The Morgan fingerprint density at radius 3 is 2.65 bits per heavy atom. The Kier molecular flexibility index (Phi) is 12.0. The number of pyridine rings is 1. The lowest BCUT2D eigenvalue weighted by molar-refractivity contribution is -0.384. The number of ketones is 2. The average molecular weight is 826 g/mol. The van der Waals surface area contributed by atoms with Crippen molar-refractivity contribution >= 4 is 70.8 Å². The van der Waals surface area contributed by atoms with Gasteiger partial charge >= 0.3 is 0 Å². The lowest BCUT2D eigenvalue weighted by atomic mass is 9.92. The Bertz CT molecular complexity index is 2510. The normalized spacial score (nSPS) is 13.4. The molecule has 57 heavy (non-hydrogen) atoms. The smallest absolute Gasteiger partial charge is 0.293 e. The number of thiazole rings is 2. The summed E-state index contributed by atoms with van der Waals surface area (Å²) in [6.45, 7) is 1.87. The highest BCUT2D eigenvalue weighted by atomic mass is 32.2. The summed E-state index contributed by atoms with van der Waals surface area (Å²) in [6, 6.07) is 20.0. The summed E-state index contributed by atoms with van der Waals surface area (Å²) in [4.78, 5) is 55.4. The number of ether oxygens (including phenoxy) is 1. The van der Waals surface area contributed by atoms with E-state index < -0.39 is 32.0 Å². The number of hydrogen-bond donors (Lipinski definition) is 1. The number of Topliss-reactive ketones (excluding diaryl/α,β-unsaturated/α-hetero) is 2. The van der Waals surface area contributed by atoms with Gasteiger partial charge in [0.25, 0.3) is 5.69 Å². The zero-order chi connectivity index (χ0) is 40.1. The summed E-state index contributed by atoms with van der Waals surface area (Å²) in [5, 5.41) is 18.1. The predicted octanol–water partition coefficient (Wildman–Crippen LogP) is 6.51. The second kappa shape index (κ2) is 17.3. The van der Waals surface area contributed by atoms with E-state index in [-0.39, 0.29) is 41.1 Å². The molecule has 0 fully saturated rings. The lowest BCUT2D eigenvalue weighted by Crippen LogP contribution is -2.32. The van der Waals surface area contributed by atoms with Crippen LogP contribution >= 0.6 is 22.7 Å². The molecule has 1 aliphatic heterocycles. The summed E-state index contributed by atoms with van der Waals surface area (Å²) in [5.41, 5.74) is 3.03. The Morgan fingerprint density at radius 2 is 1.88 bits per heavy atom. The molecule has 0 saturated carbocycles. The van der Waals surface area contributed by atoms with Crippen LogP contribution < -0.4 is 15.0 Å². The van der Waals surface area contributed by atoms with Crippen LogP contribution in [0.5, 0.6) is 5.75 Å². The molecule has 6 aromatic rings. The van der Waals surface area contributed by atoms with E-state index in [9.17, 15) is 28.1 Å². The fourth-order valence-electron chi connectivity index (χ4n) is 6.53. The number of hydrogen-bond acceptors (Lipinski definition) is 15. The number of anilines is 2. The first kappa shape index (κ1) is 39.6. The van der Waals surface area contributed by atoms with Crippen molar-refractivity contribution in [1.82, 2.24) is 19.9 Å². The molecule has 17 heteroatoms. The lowest BCUT2D eigenvalue weighted by Gasteiger charge is -2.29. The number of benzene rings is 3. The summed E-state index contributed by atoms with van der Waals surface area (Å²) < 4.78 is 33.9. The van der Waals surface area contributed by atoms with Crippen LogP contribution in [0.15, 0.2) is 95.5 Å². The van der Waals surface area contributed by atoms with E-state index in [0.717, 1.165) is 27.4 Å². The molecule has 0 spiro atoms. The van der Waals surface area contributed by atoms with Crippen LogP contribution in [0, 0.1) is 10.1 Å². The molecule has 0 aliphatic carbocycles. The summed E-state index contributed by atoms with van der Waals surface area (Å²) in [7, 11) is -0.450. The molecular weight excluding hydrogens is 787 g/mol. The van der Waals surface area contributed by atoms with Crippen LogP contribution in [-0.4, -0.2) is 90.3 Å². The molecule has 3 aromatic carbocycles. The maximum Gasteiger partial charge on any atom is 0.293 e. The molecule has 4 heterocycles. The van der Waals surface area contributed by atoms with Crippen molar-refractivity contribution in [2.24, 2.45) is 0 Å². The highest BCUT2D eigenvalue weighted by molar-refractivity contribution is 7.92. The van der Waals surface area contributed by atoms with Gasteiger partial charge in [0.05, 0.1) is 32.5 Å². The second-order valence-electron chi connectivity index (χ2n) is 13.9. The number of aromatic nitrogens is 3. The largest absolute Gasteiger partial charge is 0.491 e. The van der Waals surface area contributed by atoms with Gasteiger partial charge in [-0.3, -0.25) is 24.7 Å². The second-order valence-corrected chi connectivity index (χ2v) is 17.8. The quantitative estimate of drug-likeness (QED) is 0.0599. The molecule has 3 aromatic heterocycles. The van der Waals surface area contributed by atoms with Gasteiger partial charge in [0, 0.05) is 42.5 Å². The number of nitrogens with zero attached hydrogens (tertiary/aromatic N) is 6.